The number of aliphatic carboxylic acids is 1. The zero-order valence-corrected chi connectivity index (χ0v) is 12.3. The smallest absolute Gasteiger partial charge is 0.303 e. The highest BCUT2D eigenvalue weighted by Crippen LogP contribution is 2.35. The Hall–Kier alpha value is -1.82. The number of anilines is 1. The molecular weight excluding hydrogens is 296 g/mol. The van der Waals surface area contributed by atoms with Crippen molar-refractivity contribution < 1.29 is 14.8 Å². The van der Waals surface area contributed by atoms with Gasteiger partial charge in [-0.3, -0.25) is 14.9 Å². The quantitative estimate of drug-likeness (QED) is 0.664. The number of carbonyl (C=O) groups is 1. The molecule has 0 amide bonds. The summed E-state index contributed by atoms with van der Waals surface area (Å²) in [5.41, 5.74) is 0.504. The molecule has 6 nitrogen and oxygen atoms in total. The molecule has 114 valence electrons. The monoisotopic (exact) mass is 312 g/mol. The molecule has 0 spiro atoms. The zero-order chi connectivity index (χ0) is 15.4. The van der Waals surface area contributed by atoms with Gasteiger partial charge in [-0.15, -0.1) is 0 Å². The van der Waals surface area contributed by atoms with E-state index in [0.29, 0.717) is 23.7 Å². The van der Waals surface area contributed by atoms with E-state index in [1.165, 1.54) is 6.07 Å². The maximum Gasteiger partial charge on any atom is 0.303 e. The van der Waals surface area contributed by atoms with Gasteiger partial charge < -0.3 is 10.0 Å². The van der Waals surface area contributed by atoms with Crippen LogP contribution in [-0.2, 0) is 4.79 Å². The zero-order valence-electron chi connectivity index (χ0n) is 11.5. The van der Waals surface area contributed by atoms with E-state index in [0.717, 1.165) is 19.3 Å². The molecule has 1 fully saturated rings. The number of carboxylic acid groups (broad SMARTS) is 1. The highest BCUT2D eigenvalue weighted by Gasteiger charge is 2.28. The largest absolute Gasteiger partial charge is 0.481 e. The van der Waals surface area contributed by atoms with Crippen molar-refractivity contribution in [3.05, 3.63) is 33.3 Å². The van der Waals surface area contributed by atoms with E-state index in [1.54, 1.807) is 12.1 Å². The molecule has 21 heavy (non-hydrogen) atoms. The minimum atomic E-state index is -0.842. The molecule has 7 heteroatoms. The molecule has 1 atom stereocenters. The number of hydrogen-bond acceptors (Lipinski definition) is 4. The number of nitro benzene ring substituents is 1. The Bertz CT molecular complexity index is 550. The van der Waals surface area contributed by atoms with E-state index in [9.17, 15) is 14.9 Å². The van der Waals surface area contributed by atoms with Gasteiger partial charge in [0, 0.05) is 30.1 Å². The van der Waals surface area contributed by atoms with E-state index >= 15 is 0 Å². The van der Waals surface area contributed by atoms with E-state index < -0.39 is 10.9 Å². The number of halogens is 1. The molecule has 1 aliphatic heterocycles. The average Bonchev–Trinajstić information content (AvgIpc) is 2.45. The first-order valence-electron chi connectivity index (χ1n) is 6.91. The number of rotatable bonds is 5. The van der Waals surface area contributed by atoms with Gasteiger partial charge in [0.25, 0.3) is 5.69 Å². The first-order chi connectivity index (χ1) is 9.99. The Balaban J connectivity index is 2.28. The summed E-state index contributed by atoms with van der Waals surface area (Å²) in [6, 6.07) is 4.65. The van der Waals surface area contributed by atoms with Crippen LogP contribution in [0.2, 0.25) is 5.02 Å². The molecule has 0 aromatic heterocycles. The van der Waals surface area contributed by atoms with E-state index in [1.807, 2.05) is 4.90 Å². The first-order valence-corrected chi connectivity index (χ1v) is 7.29. The van der Waals surface area contributed by atoms with Gasteiger partial charge in [0.1, 0.15) is 5.69 Å². The lowest BCUT2D eigenvalue weighted by atomic mass is 9.97. The van der Waals surface area contributed by atoms with E-state index in [2.05, 4.69) is 0 Å². The summed E-state index contributed by atoms with van der Waals surface area (Å²) >= 11 is 5.84. The second kappa shape index (κ2) is 6.76. The maximum absolute atomic E-state index is 11.2. The van der Waals surface area contributed by atoms with Crippen LogP contribution in [0.5, 0.6) is 0 Å². The molecule has 2 rings (SSSR count). The van der Waals surface area contributed by atoms with Gasteiger partial charge in [-0.2, -0.15) is 0 Å². The van der Waals surface area contributed by atoms with Crippen molar-refractivity contribution in [2.75, 3.05) is 11.4 Å². The molecule has 1 unspecified atom stereocenters. The van der Waals surface area contributed by atoms with Crippen LogP contribution in [0.3, 0.4) is 0 Å². The molecule has 1 saturated heterocycles. The van der Waals surface area contributed by atoms with Crippen molar-refractivity contribution in [1.29, 1.82) is 0 Å². The first kappa shape index (κ1) is 15.6. The average molecular weight is 313 g/mol. The fourth-order valence-electron chi connectivity index (χ4n) is 2.79. The molecule has 0 saturated carbocycles. The van der Waals surface area contributed by atoms with Gasteiger partial charge in [0.05, 0.1) is 4.92 Å². The van der Waals surface area contributed by atoms with Gasteiger partial charge in [-0.05, 0) is 37.8 Å². The van der Waals surface area contributed by atoms with Crippen molar-refractivity contribution >= 4 is 28.9 Å². The van der Waals surface area contributed by atoms with Crippen LogP contribution in [0.1, 0.15) is 32.1 Å². The van der Waals surface area contributed by atoms with Crippen molar-refractivity contribution in [2.24, 2.45) is 0 Å². The van der Waals surface area contributed by atoms with Crippen LogP contribution < -0.4 is 4.90 Å². The highest BCUT2D eigenvalue weighted by atomic mass is 35.5. The lowest BCUT2D eigenvalue weighted by Crippen LogP contribution is -2.40. The van der Waals surface area contributed by atoms with E-state index in [-0.39, 0.29) is 18.2 Å². The summed E-state index contributed by atoms with van der Waals surface area (Å²) < 4.78 is 0. The summed E-state index contributed by atoms with van der Waals surface area (Å²) in [6.45, 7) is 0.701. The van der Waals surface area contributed by atoms with Crippen LogP contribution >= 0.6 is 11.6 Å². The highest BCUT2D eigenvalue weighted by molar-refractivity contribution is 6.30. The van der Waals surface area contributed by atoms with Crippen molar-refractivity contribution in [3.63, 3.8) is 0 Å². The van der Waals surface area contributed by atoms with Gasteiger partial charge in [0.2, 0.25) is 0 Å². The SMILES string of the molecule is O=C(O)CCC1CCCCN1c1ccc(Cl)cc1[N+](=O)[O-]. The van der Waals surface area contributed by atoms with Crippen LogP contribution in [-0.4, -0.2) is 28.6 Å². The third kappa shape index (κ3) is 3.85. The van der Waals surface area contributed by atoms with Crippen LogP contribution in [0.25, 0.3) is 0 Å². The molecule has 1 aromatic rings. The van der Waals surface area contributed by atoms with Crippen LogP contribution in [0.4, 0.5) is 11.4 Å². The topological polar surface area (TPSA) is 83.7 Å². The minimum absolute atomic E-state index is 0.0229. The Labute approximate surface area is 127 Å². The number of hydrogen-bond donors (Lipinski definition) is 1. The Kier molecular flexibility index (Phi) is 5.01. The summed E-state index contributed by atoms with van der Waals surface area (Å²) in [5.74, 6) is -0.842. The number of benzene rings is 1. The Morgan fingerprint density at radius 3 is 2.90 bits per heavy atom. The van der Waals surface area contributed by atoms with Gasteiger partial charge in [0.15, 0.2) is 0 Å². The number of nitrogens with zero attached hydrogens (tertiary/aromatic N) is 2. The molecule has 1 aromatic carbocycles. The molecule has 1 heterocycles. The van der Waals surface area contributed by atoms with Crippen LogP contribution in [0, 0.1) is 10.1 Å². The summed E-state index contributed by atoms with van der Waals surface area (Å²) in [5, 5.41) is 20.4. The summed E-state index contributed by atoms with van der Waals surface area (Å²) in [6.07, 6.45) is 3.39. The molecule has 0 aliphatic carbocycles. The summed E-state index contributed by atoms with van der Waals surface area (Å²) in [4.78, 5) is 23.5. The van der Waals surface area contributed by atoms with Crippen LogP contribution in [0.15, 0.2) is 18.2 Å². The maximum atomic E-state index is 11.2. The number of piperidine rings is 1. The Morgan fingerprint density at radius 1 is 1.48 bits per heavy atom. The molecule has 0 bridgehead atoms. The molecule has 1 aliphatic rings. The van der Waals surface area contributed by atoms with Gasteiger partial charge >= 0.3 is 5.97 Å². The molecular formula is C14H17ClN2O4. The summed E-state index contributed by atoms with van der Waals surface area (Å²) in [7, 11) is 0. The number of carboxylic acids is 1. The third-order valence-corrected chi connectivity index (χ3v) is 4.00. The fourth-order valence-corrected chi connectivity index (χ4v) is 2.96. The fraction of sp³-hybridized carbons (Fsp3) is 0.500. The molecule has 1 N–H and O–H groups in total. The second-order valence-corrected chi connectivity index (χ2v) is 5.60. The predicted octanol–water partition coefficient (Wildman–Crippen LogP) is 3.47. The second-order valence-electron chi connectivity index (χ2n) is 5.17. The van der Waals surface area contributed by atoms with E-state index in [4.69, 9.17) is 16.7 Å². The van der Waals surface area contributed by atoms with Crippen molar-refractivity contribution in [2.45, 2.75) is 38.1 Å². The lowest BCUT2D eigenvalue weighted by molar-refractivity contribution is -0.384. The Morgan fingerprint density at radius 2 is 2.24 bits per heavy atom. The number of nitro groups is 1. The molecule has 0 radical (unpaired) electrons. The van der Waals surface area contributed by atoms with Crippen molar-refractivity contribution in [1.82, 2.24) is 0 Å². The predicted molar refractivity (Wildman–Crippen MR) is 80.0 cm³/mol. The standard InChI is InChI=1S/C14H17ClN2O4/c15-10-4-6-12(13(9-10)17(20)21)16-8-2-1-3-11(16)5-7-14(18)19/h4,6,9,11H,1-3,5,7-8H2,(H,18,19). The third-order valence-electron chi connectivity index (χ3n) is 3.76. The minimum Gasteiger partial charge on any atom is -0.481 e. The van der Waals surface area contributed by atoms with Crippen molar-refractivity contribution in [3.8, 4) is 0 Å². The lowest BCUT2D eigenvalue weighted by Gasteiger charge is -2.37. The normalized spacial score (nSPS) is 18.5. The van der Waals surface area contributed by atoms with Gasteiger partial charge in [-0.25, -0.2) is 0 Å². The van der Waals surface area contributed by atoms with Gasteiger partial charge in [-0.1, -0.05) is 11.6 Å².